The molecule has 0 aromatic carbocycles. The zero-order valence-electron chi connectivity index (χ0n) is 10.8. The first-order valence-electron chi connectivity index (χ1n) is 5.51. The van der Waals surface area contributed by atoms with Gasteiger partial charge < -0.3 is 9.05 Å². The van der Waals surface area contributed by atoms with Crippen LogP contribution in [0.3, 0.4) is 0 Å². The zero-order chi connectivity index (χ0) is 12.8. The van der Waals surface area contributed by atoms with Crippen LogP contribution in [0.5, 0.6) is 0 Å². The van der Waals surface area contributed by atoms with Gasteiger partial charge in [-0.2, -0.15) is 0 Å². The van der Waals surface area contributed by atoms with Gasteiger partial charge in [-0.3, -0.25) is 8.77 Å². The molecule has 0 amide bonds. The van der Waals surface area contributed by atoms with E-state index < -0.39 is 18.4 Å². The molecule has 4 nitrogen and oxygen atoms in total. The lowest BCUT2D eigenvalue weighted by atomic mass is 10.3. The van der Waals surface area contributed by atoms with Crippen molar-refractivity contribution in [2.75, 3.05) is 25.1 Å². The Labute approximate surface area is 101 Å². The third kappa shape index (κ3) is 6.14. The zero-order valence-corrected chi connectivity index (χ0v) is 12.5. The van der Waals surface area contributed by atoms with Gasteiger partial charge in [0.1, 0.15) is 0 Å². The highest BCUT2D eigenvalue weighted by atomic mass is 32.2. The predicted octanol–water partition coefficient (Wildman–Crippen LogP) is 2.80. The molecular formula is C10H23O4PS. The van der Waals surface area contributed by atoms with E-state index in [1.54, 1.807) is 13.8 Å². The molecule has 1 unspecified atom stereocenters. The minimum atomic E-state index is -3.04. The Morgan fingerprint density at radius 3 is 1.88 bits per heavy atom. The van der Waals surface area contributed by atoms with E-state index in [1.807, 2.05) is 20.8 Å². The van der Waals surface area contributed by atoms with Gasteiger partial charge >= 0.3 is 7.60 Å². The average Bonchev–Trinajstić information content (AvgIpc) is 2.13. The maximum Gasteiger partial charge on any atom is 0.331 e. The van der Waals surface area contributed by atoms with Crippen LogP contribution in [0, 0.1) is 0 Å². The number of hydrogen-bond donors (Lipinski definition) is 0. The molecule has 98 valence electrons. The summed E-state index contributed by atoms with van der Waals surface area (Å²) in [4.78, 5) is 0. The van der Waals surface area contributed by atoms with Crippen LogP contribution in [0.1, 0.15) is 34.6 Å². The Hall–Kier alpha value is 0.300. The SMILES string of the molecule is CCOP(=O)(CCS(=O)C(C)(C)C)OCC. The Morgan fingerprint density at radius 2 is 1.56 bits per heavy atom. The van der Waals surface area contributed by atoms with E-state index in [4.69, 9.17) is 9.05 Å². The molecule has 0 bridgehead atoms. The Kier molecular flexibility index (Phi) is 7.03. The van der Waals surface area contributed by atoms with E-state index in [-0.39, 0.29) is 10.9 Å². The fourth-order valence-corrected chi connectivity index (χ4v) is 4.35. The minimum absolute atomic E-state index is 0.221. The van der Waals surface area contributed by atoms with Crippen LogP contribution in [-0.2, 0) is 24.4 Å². The maximum absolute atomic E-state index is 12.1. The van der Waals surface area contributed by atoms with Crippen LogP contribution in [0.4, 0.5) is 0 Å². The van der Waals surface area contributed by atoms with E-state index >= 15 is 0 Å². The van der Waals surface area contributed by atoms with Crippen LogP contribution < -0.4 is 0 Å². The summed E-state index contributed by atoms with van der Waals surface area (Å²) in [6, 6.07) is 0. The van der Waals surface area contributed by atoms with Crippen LogP contribution in [0.15, 0.2) is 0 Å². The Balaban J connectivity index is 4.33. The van der Waals surface area contributed by atoms with Crippen molar-refractivity contribution in [3.8, 4) is 0 Å². The molecule has 0 rings (SSSR count). The second kappa shape index (κ2) is 6.90. The highest BCUT2D eigenvalue weighted by molar-refractivity contribution is 7.86. The van der Waals surface area contributed by atoms with E-state index in [9.17, 15) is 8.77 Å². The smallest absolute Gasteiger partial charge is 0.309 e. The molecule has 0 aliphatic heterocycles. The topological polar surface area (TPSA) is 52.6 Å². The summed E-state index contributed by atoms with van der Waals surface area (Å²) < 4.78 is 33.8. The van der Waals surface area contributed by atoms with Gasteiger partial charge in [0.05, 0.1) is 19.4 Å². The van der Waals surface area contributed by atoms with Crippen molar-refractivity contribution < 1.29 is 17.8 Å². The Morgan fingerprint density at radius 1 is 1.12 bits per heavy atom. The van der Waals surface area contributed by atoms with E-state index in [1.165, 1.54) is 0 Å². The number of hydrogen-bond acceptors (Lipinski definition) is 4. The van der Waals surface area contributed by atoms with Crippen molar-refractivity contribution in [2.24, 2.45) is 0 Å². The van der Waals surface area contributed by atoms with Gasteiger partial charge in [0.15, 0.2) is 0 Å². The van der Waals surface area contributed by atoms with Crippen molar-refractivity contribution in [1.82, 2.24) is 0 Å². The van der Waals surface area contributed by atoms with Gasteiger partial charge in [-0.05, 0) is 34.6 Å². The van der Waals surface area contributed by atoms with E-state index in [0.717, 1.165) is 0 Å². The lowest BCUT2D eigenvalue weighted by Gasteiger charge is -2.20. The van der Waals surface area contributed by atoms with Gasteiger partial charge in [0.25, 0.3) is 0 Å². The molecule has 0 spiro atoms. The summed E-state index contributed by atoms with van der Waals surface area (Å²) >= 11 is 0. The van der Waals surface area contributed by atoms with Gasteiger partial charge in [-0.1, -0.05) is 0 Å². The van der Waals surface area contributed by atoms with Crippen LogP contribution >= 0.6 is 7.60 Å². The highest BCUT2D eigenvalue weighted by Gasteiger charge is 2.27. The fraction of sp³-hybridized carbons (Fsp3) is 1.00. The number of rotatable bonds is 7. The standard InChI is InChI=1S/C10H23O4PS/c1-6-13-15(11,14-7-2)8-9-16(12)10(3,4)5/h6-9H2,1-5H3. The summed E-state index contributed by atoms with van der Waals surface area (Å²) in [6.07, 6.45) is 0.221. The lowest BCUT2D eigenvalue weighted by Crippen LogP contribution is -2.25. The first-order chi connectivity index (χ1) is 7.25. The van der Waals surface area contributed by atoms with E-state index in [2.05, 4.69) is 0 Å². The lowest BCUT2D eigenvalue weighted by molar-refractivity contribution is 0.221. The molecule has 1 atom stereocenters. The Bertz CT molecular complexity index is 262. The van der Waals surface area contributed by atoms with Gasteiger partial charge in [0, 0.05) is 21.3 Å². The second-order valence-electron chi connectivity index (χ2n) is 4.33. The molecule has 0 N–H and O–H groups in total. The first-order valence-corrected chi connectivity index (χ1v) is 8.56. The molecule has 0 heterocycles. The molecule has 0 fully saturated rings. The molecule has 0 radical (unpaired) electrons. The molecule has 0 aliphatic rings. The summed E-state index contributed by atoms with van der Waals surface area (Å²) in [5, 5.41) is 0. The molecule has 0 aromatic heterocycles. The van der Waals surface area contributed by atoms with Crippen molar-refractivity contribution in [3.05, 3.63) is 0 Å². The molecule has 0 saturated heterocycles. The van der Waals surface area contributed by atoms with Crippen molar-refractivity contribution >= 4 is 18.4 Å². The molecule has 16 heavy (non-hydrogen) atoms. The van der Waals surface area contributed by atoms with Crippen molar-refractivity contribution in [1.29, 1.82) is 0 Å². The van der Waals surface area contributed by atoms with Crippen LogP contribution in [0.2, 0.25) is 0 Å². The molecule has 0 aliphatic carbocycles. The minimum Gasteiger partial charge on any atom is -0.309 e. The predicted molar refractivity (Wildman–Crippen MR) is 68.5 cm³/mol. The average molecular weight is 270 g/mol. The maximum atomic E-state index is 12.1. The van der Waals surface area contributed by atoms with E-state index in [0.29, 0.717) is 19.0 Å². The summed E-state index contributed by atoms with van der Waals surface area (Å²) in [5.74, 6) is 0.348. The third-order valence-corrected chi connectivity index (χ3v) is 6.20. The first kappa shape index (κ1) is 16.3. The second-order valence-corrected chi connectivity index (χ2v) is 8.84. The molecule has 0 aromatic rings. The monoisotopic (exact) mass is 270 g/mol. The largest absolute Gasteiger partial charge is 0.331 e. The molecule has 0 saturated carbocycles. The quantitative estimate of drug-likeness (QED) is 0.667. The van der Waals surface area contributed by atoms with Crippen LogP contribution in [0.25, 0.3) is 0 Å². The normalized spacial score (nSPS) is 15.1. The van der Waals surface area contributed by atoms with Gasteiger partial charge in [-0.25, -0.2) is 0 Å². The molecule has 6 heteroatoms. The fourth-order valence-electron chi connectivity index (χ4n) is 1.06. The highest BCUT2D eigenvalue weighted by Crippen LogP contribution is 2.47. The van der Waals surface area contributed by atoms with Gasteiger partial charge in [-0.15, -0.1) is 0 Å². The van der Waals surface area contributed by atoms with Crippen molar-refractivity contribution in [2.45, 2.75) is 39.4 Å². The summed E-state index contributed by atoms with van der Waals surface area (Å²) in [7, 11) is -4.06. The van der Waals surface area contributed by atoms with Gasteiger partial charge in [0.2, 0.25) is 0 Å². The third-order valence-electron chi connectivity index (χ3n) is 1.89. The van der Waals surface area contributed by atoms with Crippen LogP contribution in [-0.4, -0.2) is 34.1 Å². The molecular weight excluding hydrogens is 247 g/mol. The van der Waals surface area contributed by atoms with Crippen molar-refractivity contribution in [3.63, 3.8) is 0 Å². The summed E-state index contributed by atoms with van der Waals surface area (Å²) in [6.45, 7) is 9.93. The summed E-state index contributed by atoms with van der Waals surface area (Å²) in [5.41, 5.74) is 0.